The fraction of sp³-hybridized carbons (Fsp3) is 0.600. The Morgan fingerprint density at radius 1 is 1.47 bits per heavy atom. The number of amides is 1. The van der Waals surface area contributed by atoms with E-state index in [4.69, 9.17) is 14.5 Å². The molecule has 1 aromatic rings. The third-order valence-corrected chi connectivity index (χ3v) is 6.16. The number of thioether (sulfide) groups is 1. The molecule has 3 atom stereocenters. The van der Waals surface area contributed by atoms with Crippen LogP contribution in [0, 0.1) is 21.8 Å². The lowest BCUT2D eigenvalue weighted by molar-refractivity contribution is -0.385. The van der Waals surface area contributed by atoms with Crippen LogP contribution in [0.4, 0.5) is 14.9 Å². The molecule has 1 aliphatic heterocycles. The van der Waals surface area contributed by atoms with Gasteiger partial charge in [-0.15, -0.1) is 0 Å². The lowest BCUT2D eigenvalue weighted by Crippen LogP contribution is -2.42. The van der Waals surface area contributed by atoms with Gasteiger partial charge in [0.15, 0.2) is 5.17 Å². The van der Waals surface area contributed by atoms with E-state index in [1.54, 1.807) is 20.8 Å². The highest BCUT2D eigenvalue weighted by Gasteiger charge is 2.53. The van der Waals surface area contributed by atoms with Gasteiger partial charge in [0.2, 0.25) is 0 Å². The molecule has 1 amide bonds. The van der Waals surface area contributed by atoms with Crippen LogP contribution in [0.5, 0.6) is 0 Å². The average Bonchev–Trinajstić information content (AvgIpc) is 2.98. The van der Waals surface area contributed by atoms with Gasteiger partial charge >= 0.3 is 6.09 Å². The molecular formula is C20H26FN3O5S. The van der Waals surface area contributed by atoms with Crippen LogP contribution < -0.4 is 5.32 Å². The molecule has 2 aliphatic rings. The first-order valence-electron chi connectivity index (χ1n) is 9.82. The number of aliphatic imine (C=N–C) groups is 1. The van der Waals surface area contributed by atoms with Crippen molar-refractivity contribution in [3.63, 3.8) is 0 Å². The van der Waals surface area contributed by atoms with Gasteiger partial charge in [-0.25, -0.2) is 9.18 Å². The molecule has 1 saturated carbocycles. The highest BCUT2D eigenvalue weighted by atomic mass is 32.2. The maximum Gasteiger partial charge on any atom is 0.413 e. The number of benzene rings is 1. The van der Waals surface area contributed by atoms with Gasteiger partial charge in [0.05, 0.1) is 16.6 Å². The summed E-state index contributed by atoms with van der Waals surface area (Å²) in [5.41, 5.74) is -1.77. The maximum absolute atomic E-state index is 14.9. The SMILES string of the molecule is CCO[C@H]1C[C@H]2CSC(NC(=O)OC(C)(C)C)=N[C@@]2(c2cc([N+](=O)[O-])ccc2F)C1. The van der Waals surface area contributed by atoms with E-state index in [-0.39, 0.29) is 23.3 Å². The summed E-state index contributed by atoms with van der Waals surface area (Å²) in [6.07, 6.45) is 0.237. The molecule has 1 fully saturated rings. The van der Waals surface area contributed by atoms with E-state index in [1.807, 2.05) is 6.92 Å². The number of amidine groups is 1. The molecule has 30 heavy (non-hydrogen) atoms. The quantitative estimate of drug-likeness (QED) is 0.552. The summed E-state index contributed by atoms with van der Waals surface area (Å²) < 4.78 is 26.0. The molecule has 1 heterocycles. The molecule has 0 bridgehead atoms. The molecular weight excluding hydrogens is 413 g/mol. The van der Waals surface area contributed by atoms with E-state index < -0.39 is 28.0 Å². The van der Waals surface area contributed by atoms with Crippen molar-refractivity contribution < 1.29 is 23.6 Å². The first kappa shape index (κ1) is 22.5. The Morgan fingerprint density at radius 2 is 2.20 bits per heavy atom. The zero-order valence-electron chi connectivity index (χ0n) is 17.4. The summed E-state index contributed by atoms with van der Waals surface area (Å²) in [4.78, 5) is 27.7. The van der Waals surface area contributed by atoms with Crippen molar-refractivity contribution >= 4 is 28.7 Å². The lowest BCUT2D eigenvalue weighted by atomic mass is 9.81. The Kier molecular flexibility index (Phi) is 6.37. The molecule has 1 aromatic carbocycles. The van der Waals surface area contributed by atoms with Crippen LogP contribution in [0.25, 0.3) is 0 Å². The molecule has 0 saturated heterocycles. The van der Waals surface area contributed by atoms with E-state index in [0.717, 1.165) is 12.1 Å². The molecule has 1 N–H and O–H groups in total. The largest absolute Gasteiger partial charge is 0.444 e. The predicted molar refractivity (Wildman–Crippen MR) is 112 cm³/mol. The van der Waals surface area contributed by atoms with Gasteiger partial charge in [-0.3, -0.25) is 20.4 Å². The van der Waals surface area contributed by atoms with Gasteiger partial charge in [-0.2, -0.15) is 0 Å². The van der Waals surface area contributed by atoms with Crippen molar-refractivity contribution in [3.05, 3.63) is 39.7 Å². The molecule has 0 spiro atoms. The van der Waals surface area contributed by atoms with E-state index >= 15 is 0 Å². The number of nitrogens with zero attached hydrogens (tertiary/aromatic N) is 2. The predicted octanol–water partition coefficient (Wildman–Crippen LogP) is 4.37. The molecule has 3 rings (SSSR count). The van der Waals surface area contributed by atoms with Crippen molar-refractivity contribution in [1.29, 1.82) is 0 Å². The summed E-state index contributed by atoms with van der Waals surface area (Å²) >= 11 is 1.35. The normalized spacial score (nSPS) is 26.0. The smallest absolute Gasteiger partial charge is 0.413 e. The minimum atomic E-state index is -1.05. The number of hydrogen-bond donors (Lipinski definition) is 1. The Balaban J connectivity index is 2.02. The third kappa shape index (κ3) is 4.75. The Bertz CT molecular complexity index is 872. The van der Waals surface area contributed by atoms with E-state index in [1.165, 1.54) is 17.8 Å². The number of nitro groups is 1. The number of ether oxygens (including phenoxy) is 2. The van der Waals surface area contributed by atoms with Crippen LogP contribution in [-0.4, -0.2) is 40.2 Å². The van der Waals surface area contributed by atoms with Crippen LogP contribution in [0.2, 0.25) is 0 Å². The van der Waals surface area contributed by atoms with E-state index in [0.29, 0.717) is 30.4 Å². The van der Waals surface area contributed by atoms with Crippen molar-refractivity contribution in [2.24, 2.45) is 10.9 Å². The van der Waals surface area contributed by atoms with Crippen LogP contribution in [0.15, 0.2) is 23.2 Å². The van der Waals surface area contributed by atoms with Crippen LogP contribution in [-0.2, 0) is 15.0 Å². The van der Waals surface area contributed by atoms with Crippen molar-refractivity contribution in [3.8, 4) is 0 Å². The standard InChI is InChI=1S/C20H26FN3O5S/c1-5-28-14-8-12-11-30-17(22-18(25)29-19(2,3)4)23-20(12,10-14)15-9-13(24(26)27)6-7-16(15)21/h6-7,9,12,14H,5,8,10-11H2,1-4H3,(H,22,23,25)/t12-,14-,20-/m0/s1. The van der Waals surface area contributed by atoms with Gasteiger partial charge in [-0.1, -0.05) is 11.8 Å². The first-order valence-corrected chi connectivity index (χ1v) is 10.8. The van der Waals surface area contributed by atoms with E-state index in [2.05, 4.69) is 5.32 Å². The number of nitro benzene ring substituents is 1. The van der Waals surface area contributed by atoms with Crippen molar-refractivity contribution in [2.75, 3.05) is 12.4 Å². The fourth-order valence-corrected chi connectivity index (χ4v) is 5.17. The average molecular weight is 440 g/mol. The van der Waals surface area contributed by atoms with Gasteiger partial charge in [0.25, 0.3) is 5.69 Å². The zero-order valence-corrected chi connectivity index (χ0v) is 18.3. The second kappa shape index (κ2) is 8.50. The summed E-state index contributed by atoms with van der Waals surface area (Å²) in [6.45, 7) is 7.65. The van der Waals surface area contributed by atoms with Crippen molar-refractivity contribution in [1.82, 2.24) is 5.32 Å². The topological polar surface area (TPSA) is 103 Å². The van der Waals surface area contributed by atoms with Gasteiger partial charge in [0.1, 0.15) is 11.4 Å². The molecule has 0 aromatic heterocycles. The monoisotopic (exact) mass is 439 g/mol. The molecule has 0 radical (unpaired) electrons. The Labute approximate surface area is 178 Å². The molecule has 10 heteroatoms. The number of fused-ring (bicyclic) bond motifs is 1. The molecule has 8 nitrogen and oxygen atoms in total. The Hall–Kier alpha value is -2.20. The van der Waals surface area contributed by atoms with Gasteiger partial charge < -0.3 is 9.47 Å². The number of alkyl carbamates (subject to hydrolysis) is 1. The zero-order chi connectivity index (χ0) is 22.1. The Morgan fingerprint density at radius 3 is 2.83 bits per heavy atom. The minimum absolute atomic E-state index is 0.0836. The van der Waals surface area contributed by atoms with Crippen LogP contribution >= 0.6 is 11.8 Å². The second-order valence-electron chi connectivity index (χ2n) is 8.41. The van der Waals surface area contributed by atoms with Gasteiger partial charge in [-0.05, 0) is 40.2 Å². The highest BCUT2D eigenvalue weighted by Crippen LogP contribution is 2.52. The number of nitrogens with one attached hydrogen (secondary N) is 1. The van der Waals surface area contributed by atoms with Crippen molar-refractivity contribution in [2.45, 2.75) is 57.8 Å². The third-order valence-electron chi connectivity index (χ3n) is 5.12. The summed E-state index contributed by atoms with van der Waals surface area (Å²) in [6, 6.07) is 3.49. The summed E-state index contributed by atoms with van der Waals surface area (Å²) in [5, 5.41) is 14.2. The minimum Gasteiger partial charge on any atom is -0.444 e. The maximum atomic E-state index is 14.9. The number of rotatable bonds is 4. The second-order valence-corrected chi connectivity index (χ2v) is 9.42. The first-order chi connectivity index (χ1) is 14.0. The number of hydrogen-bond acceptors (Lipinski definition) is 7. The molecule has 0 unspecified atom stereocenters. The number of carbonyl (C=O) groups excluding carboxylic acids is 1. The number of non-ortho nitro benzene ring substituents is 1. The fourth-order valence-electron chi connectivity index (χ4n) is 4.01. The van der Waals surface area contributed by atoms with Gasteiger partial charge in [0, 0.05) is 42.4 Å². The summed E-state index contributed by atoms with van der Waals surface area (Å²) in [5.74, 6) is -0.0740. The van der Waals surface area contributed by atoms with Crippen LogP contribution in [0.1, 0.15) is 46.1 Å². The molecule has 1 aliphatic carbocycles. The lowest BCUT2D eigenvalue weighted by Gasteiger charge is -2.36. The summed E-state index contributed by atoms with van der Waals surface area (Å²) in [7, 11) is 0. The van der Waals surface area contributed by atoms with Crippen LogP contribution in [0.3, 0.4) is 0 Å². The highest BCUT2D eigenvalue weighted by molar-refractivity contribution is 8.13. The number of carbonyl (C=O) groups is 1. The number of halogens is 1. The van der Waals surface area contributed by atoms with E-state index in [9.17, 15) is 19.3 Å². The molecule has 164 valence electrons.